The quantitative estimate of drug-likeness (QED) is 0.144. The van der Waals surface area contributed by atoms with Crippen molar-refractivity contribution in [3.8, 4) is 40.2 Å². The Hall–Kier alpha value is -5.62. The number of hydrogen-bond donors (Lipinski definition) is 2. The number of carbonyl (C=O) groups is 1. The molecule has 4 heterocycles. The van der Waals surface area contributed by atoms with Crippen molar-refractivity contribution in [3.63, 3.8) is 0 Å². The van der Waals surface area contributed by atoms with E-state index in [1.807, 2.05) is 42.2 Å². The van der Waals surface area contributed by atoms with Gasteiger partial charge in [0.2, 0.25) is 0 Å². The number of ether oxygens (including phenoxy) is 4. The first kappa shape index (κ1) is 37.7. The number of nitrogens with zero attached hydrogens (tertiary/aromatic N) is 4. The number of nitriles is 1. The molecule has 15 heteroatoms. The molecule has 0 spiro atoms. The van der Waals surface area contributed by atoms with E-state index in [1.54, 1.807) is 31.3 Å². The third-order valence-corrected chi connectivity index (χ3v) is 11.2. The second kappa shape index (κ2) is 16.4. The van der Waals surface area contributed by atoms with Crippen molar-refractivity contribution in [1.29, 1.82) is 5.26 Å². The van der Waals surface area contributed by atoms with Crippen LogP contribution in [0.25, 0.3) is 11.1 Å². The lowest BCUT2D eigenvalue weighted by molar-refractivity contribution is -0.126. The Morgan fingerprint density at radius 3 is 2.62 bits per heavy atom. The summed E-state index contributed by atoms with van der Waals surface area (Å²) in [7, 11) is -4.15. The van der Waals surface area contributed by atoms with Gasteiger partial charge in [0.25, 0.3) is 15.9 Å². The molecule has 1 unspecified atom stereocenters. The maximum absolute atomic E-state index is 13.5. The molecule has 1 saturated heterocycles. The number of sulfonamides is 1. The topological polar surface area (TPSA) is 169 Å². The van der Waals surface area contributed by atoms with E-state index >= 15 is 0 Å². The zero-order chi connectivity index (χ0) is 38.5. The fourth-order valence-corrected chi connectivity index (χ4v) is 7.96. The molecule has 2 N–H and O–H groups in total. The summed E-state index contributed by atoms with van der Waals surface area (Å²) in [4.78, 5) is 26.2. The Labute approximate surface area is 324 Å². The van der Waals surface area contributed by atoms with Crippen molar-refractivity contribution in [2.75, 3.05) is 19.8 Å². The molecule has 13 nitrogen and oxygen atoms in total. The van der Waals surface area contributed by atoms with E-state index in [2.05, 4.69) is 31.8 Å². The Kier molecular flexibility index (Phi) is 11.2. The predicted molar refractivity (Wildman–Crippen MR) is 203 cm³/mol. The molecule has 7 rings (SSSR count). The van der Waals surface area contributed by atoms with Crippen LogP contribution in [0.3, 0.4) is 0 Å². The summed E-state index contributed by atoms with van der Waals surface area (Å²) >= 11 is 6.89. The number of aromatic nitrogens is 3. The number of aromatic amines is 1. The minimum absolute atomic E-state index is 0.0963. The van der Waals surface area contributed by atoms with Crippen LogP contribution in [-0.4, -0.2) is 60.0 Å². The zero-order valence-corrected chi connectivity index (χ0v) is 31.9. The average molecular weight is 783 g/mol. The monoisotopic (exact) mass is 782 g/mol. The second-order valence-corrected chi connectivity index (χ2v) is 15.5. The van der Waals surface area contributed by atoms with Gasteiger partial charge in [-0.1, -0.05) is 42.3 Å². The molecule has 0 saturated carbocycles. The van der Waals surface area contributed by atoms with Crippen molar-refractivity contribution in [3.05, 3.63) is 112 Å². The molecule has 2 aromatic heterocycles. The minimum atomic E-state index is -4.15. The number of benzene rings is 3. The summed E-state index contributed by atoms with van der Waals surface area (Å²) < 4.78 is 52.4. The van der Waals surface area contributed by atoms with Crippen LogP contribution in [0.5, 0.6) is 23.0 Å². The molecule has 3 aromatic carbocycles. The number of fused-ring (bicyclic) bond motifs is 1. The van der Waals surface area contributed by atoms with E-state index in [1.165, 1.54) is 12.4 Å². The van der Waals surface area contributed by atoms with Crippen molar-refractivity contribution < 1.29 is 32.2 Å². The summed E-state index contributed by atoms with van der Waals surface area (Å²) in [5, 5.41) is 9.55. The fraction of sp³-hybridized carbons (Fsp3) is 0.300. The molecule has 0 radical (unpaired) electrons. The van der Waals surface area contributed by atoms with E-state index in [0.717, 1.165) is 40.8 Å². The van der Waals surface area contributed by atoms with Gasteiger partial charge in [-0.3, -0.25) is 14.7 Å². The SMILES string of the molecule is Cc1ncc(S(=O)(=O)NC(=O)C2CCCCN2Cc2cc(Cl)c(OCc3cccc(-c4ccc5c(c4)OCCO5)c3C)cc2OCc2cncc(C#N)c2)[nH]1. The van der Waals surface area contributed by atoms with Gasteiger partial charge in [-0.05, 0) is 79.8 Å². The van der Waals surface area contributed by atoms with E-state index in [4.69, 9.17) is 30.5 Å². The number of carbonyl (C=O) groups excluding carboxylic acids is 1. The van der Waals surface area contributed by atoms with Gasteiger partial charge in [0.15, 0.2) is 16.5 Å². The summed E-state index contributed by atoms with van der Waals surface area (Å²) in [6, 6.07) is 18.5. The number of rotatable bonds is 12. The third-order valence-electron chi connectivity index (χ3n) is 9.61. The van der Waals surface area contributed by atoms with Gasteiger partial charge in [-0.15, -0.1) is 0 Å². The first-order chi connectivity index (χ1) is 26.6. The van der Waals surface area contributed by atoms with Crippen molar-refractivity contribution in [2.24, 2.45) is 0 Å². The Morgan fingerprint density at radius 2 is 1.82 bits per heavy atom. The molecule has 0 aliphatic carbocycles. The largest absolute Gasteiger partial charge is 0.488 e. The third kappa shape index (κ3) is 8.70. The van der Waals surface area contributed by atoms with Gasteiger partial charge in [-0.25, -0.2) is 9.71 Å². The summed E-state index contributed by atoms with van der Waals surface area (Å²) in [5.74, 6) is 2.07. The Bertz CT molecular complexity index is 2380. The molecule has 1 atom stereocenters. The number of H-pyrrole nitrogens is 1. The van der Waals surface area contributed by atoms with E-state index in [9.17, 15) is 18.5 Å². The highest BCUT2D eigenvalue weighted by molar-refractivity contribution is 7.90. The number of imidazole rings is 1. The van der Waals surface area contributed by atoms with Gasteiger partial charge >= 0.3 is 0 Å². The van der Waals surface area contributed by atoms with Crippen molar-refractivity contribution in [1.82, 2.24) is 24.6 Å². The average Bonchev–Trinajstić information content (AvgIpc) is 3.65. The highest BCUT2D eigenvalue weighted by Gasteiger charge is 2.33. The molecular weight excluding hydrogens is 744 g/mol. The van der Waals surface area contributed by atoms with Gasteiger partial charge in [0.05, 0.1) is 22.8 Å². The lowest BCUT2D eigenvalue weighted by Gasteiger charge is -2.35. The lowest BCUT2D eigenvalue weighted by atomic mass is 9.96. The van der Waals surface area contributed by atoms with Gasteiger partial charge in [0, 0.05) is 36.1 Å². The number of amides is 1. The van der Waals surface area contributed by atoms with Crippen LogP contribution in [-0.2, 0) is 34.6 Å². The standard InChI is InChI=1S/C40H39ClN6O7S/c1-25-30(6-5-7-32(25)29-9-10-35-38(16-29)52-13-12-51-35)24-54-37-17-36(53-23-28-14-27(18-42)19-43-20-28)31(15-33(37)41)22-47-11-4-3-8-34(47)40(48)46-55(49,50)39-21-44-26(2)45-39/h5-7,9-10,14-17,19-21,34H,3-4,8,11-13,22-24H2,1-2H3,(H,44,45)(H,46,48). The molecule has 5 aromatic rings. The molecule has 55 heavy (non-hydrogen) atoms. The fourth-order valence-electron chi connectivity index (χ4n) is 6.74. The number of aryl methyl sites for hydroxylation is 1. The number of hydrogen-bond acceptors (Lipinski definition) is 11. The first-order valence-electron chi connectivity index (χ1n) is 17.8. The predicted octanol–water partition coefficient (Wildman–Crippen LogP) is 6.40. The smallest absolute Gasteiger partial charge is 0.281 e. The van der Waals surface area contributed by atoms with Crippen LogP contribution in [0.1, 0.15) is 52.9 Å². The lowest BCUT2D eigenvalue weighted by Crippen LogP contribution is -2.50. The van der Waals surface area contributed by atoms with Crippen LogP contribution in [0.15, 0.2) is 78.2 Å². The number of halogens is 1. The Morgan fingerprint density at radius 1 is 1.00 bits per heavy atom. The van der Waals surface area contributed by atoms with Crippen molar-refractivity contribution in [2.45, 2.75) is 63.9 Å². The van der Waals surface area contributed by atoms with Crippen LogP contribution in [0, 0.1) is 25.2 Å². The van der Waals surface area contributed by atoms with Crippen LogP contribution in [0.4, 0.5) is 0 Å². The second-order valence-electron chi connectivity index (χ2n) is 13.4. The first-order valence-corrected chi connectivity index (χ1v) is 19.7. The van der Waals surface area contributed by atoms with Gasteiger partial charge in [-0.2, -0.15) is 13.7 Å². The molecule has 284 valence electrons. The van der Waals surface area contributed by atoms with E-state index in [0.29, 0.717) is 71.0 Å². The normalized spacial score (nSPS) is 15.6. The number of nitrogens with one attached hydrogen (secondary N) is 2. The van der Waals surface area contributed by atoms with Crippen LogP contribution in [0.2, 0.25) is 5.02 Å². The number of likely N-dealkylation sites (tertiary alicyclic amines) is 1. The molecule has 1 fully saturated rings. The van der Waals surface area contributed by atoms with Crippen LogP contribution >= 0.6 is 11.6 Å². The summed E-state index contributed by atoms with van der Waals surface area (Å²) in [6.07, 6.45) is 6.32. The number of piperidine rings is 1. The molecule has 2 aliphatic rings. The Balaban J connectivity index is 1.13. The molecule has 1 amide bonds. The summed E-state index contributed by atoms with van der Waals surface area (Å²) in [5.41, 5.74) is 5.77. The number of pyridine rings is 1. The van der Waals surface area contributed by atoms with Crippen LogP contribution < -0.4 is 23.7 Å². The highest BCUT2D eigenvalue weighted by Crippen LogP contribution is 2.38. The van der Waals surface area contributed by atoms with E-state index in [-0.39, 0.29) is 24.8 Å². The van der Waals surface area contributed by atoms with Gasteiger partial charge in [0.1, 0.15) is 49.8 Å². The molecule has 2 aliphatic heterocycles. The highest BCUT2D eigenvalue weighted by atomic mass is 35.5. The zero-order valence-electron chi connectivity index (χ0n) is 30.3. The van der Waals surface area contributed by atoms with Crippen molar-refractivity contribution >= 4 is 27.5 Å². The minimum Gasteiger partial charge on any atom is -0.488 e. The molecular formula is C40H39ClN6O7S. The summed E-state index contributed by atoms with van der Waals surface area (Å²) in [6.45, 7) is 5.80. The maximum Gasteiger partial charge on any atom is 0.281 e. The van der Waals surface area contributed by atoms with E-state index < -0.39 is 22.0 Å². The van der Waals surface area contributed by atoms with Gasteiger partial charge < -0.3 is 23.9 Å². The maximum atomic E-state index is 13.5. The molecule has 0 bridgehead atoms.